The van der Waals surface area contributed by atoms with Crippen molar-refractivity contribution < 1.29 is 22.7 Å². The van der Waals surface area contributed by atoms with E-state index in [9.17, 15) is 13.2 Å². The molecule has 176 valence electrons. The zero-order valence-electron chi connectivity index (χ0n) is 19.6. The first-order chi connectivity index (χ1) is 15.0. The third kappa shape index (κ3) is 9.10. The molecule has 0 aromatic heterocycles. The second kappa shape index (κ2) is 11.6. The average Bonchev–Trinajstić information content (AvgIpc) is 2.70. The summed E-state index contributed by atoms with van der Waals surface area (Å²) in [6.45, 7) is 9.90. The quantitative estimate of drug-likeness (QED) is 0.390. The van der Waals surface area contributed by atoms with Crippen molar-refractivity contribution >= 4 is 16.0 Å². The van der Waals surface area contributed by atoms with Crippen LogP contribution in [-0.2, 0) is 30.9 Å². The van der Waals surface area contributed by atoms with E-state index < -0.39 is 27.6 Å². The molecule has 2 aromatic rings. The predicted molar refractivity (Wildman–Crippen MR) is 126 cm³/mol. The summed E-state index contributed by atoms with van der Waals surface area (Å²) >= 11 is 0. The molecule has 0 saturated heterocycles. The van der Waals surface area contributed by atoms with E-state index in [1.807, 2.05) is 58.0 Å². The largest absolute Gasteiger partial charge is 0.460 e. The molecule has 0 bridgehead atoms. The number of rotatable bonds is 11. The van der Waals surface area contributed by atoms with Gasteiger partial charge in [0.15, 0.2) is 0 Å². The Balaban J connectivity index is 2.05. The molecule has 0 aliphatic rings. The summed E-state index contributed by atoms with van der Waals surface area (Å²) < 4.78 is 39.8. The van der Waals surface area contributed by atoms with E-state index in [4.69, 9.17) is 9.47 Å². The Hall–Kier alpha value is -2.22. The minimum atomic E-state index is -3.73. The maximum absolute atomic E-state index is 12.9. The van der Waals surface area contributed by atoms with Gasteiger partial charge >= 0.3 is 5.97 Å². The van der Waals surface area contributed by atoms with Crippen LogP contribution in [0.5, 0.6) is 0 Å². The van der Waals surface area contributed by atoms with Crippen LogP contribution in [0.2, 0.25) is 0 Å². The lowest BCUT2D eigenvalue weighted by Crippen LogP contribution is -2.39. The van der Waals surface area contributed by atoms with Crippen molar-refractivity contribution in [1.82, 2.24) is 4.72 Å². The Kier molecular flexibility index (Phi) is 9.43. The van der Waals surface area contributed by atoms with E-state index >= 15 is 0 Å². The van der Waals surface area contributed by atoms with Gasteiger partial charge in [-0.2, -0.15) is 0 Å². The molecule has 0 spiro atoms. The fourth-order valence-electron chi connectivity index (χ4n) is 3.14. The minimum absolute atomic E-state index is 0.197. The fourth-order valence-corrected chi connectivity index (χ4v) is 4.43. The molecule has 0 aliphatic carbocycles. The molecule has 2 rings (SSSR count). The van der Waals surface area contributed by atoms with E-state index in [1.165, 1.54) is 0 Å². The summed E-state index contributed by atoms with van der Waals surface area (Å²) in [6.07, 6.45) is 0.750. The summed E-state index contributed by atoms with van der Waals surface area (Å²) in [5.74, 6) is -0.809. The van der Waals surface area contributed by atoms with Crippen molar-refractivity contribution in [2.24, 2.45) is 5.92 Å². The Labute approximate surface area is 192 Å². The number of benzene rings is 2. The van der Waals surface area contributed by atoms with Crippen molar-refractivity contribution in [1.29, 1.82) is 0 Å². The highest BCUT2D eigenvalue weighted by atomic mass is 32.2. The highest BCUT2D eigenvalue weighted by Crippen LogP contribution is 2.19. The molecule has 0 heterocycles. The van der Waals surface area contributed by atoms with Crippen molar-refractivity contribution in [3.05, 3.63) is 65.7 Å². The summed E-state index contributed by atoms with van der Waals surface area (Å²) in [4.78, 5) is 12.6. The molecule has 0 fully saturated rings. The molecular weight excluding hydrogens is 426 g/mol. The topological polar surface area (TPSA) is 81.7 Å². The lowest BCUT2D eigenvalue weighted by Gasteiger charge is -2.25. The number of esters is 1. The van der Waals surface area contributed by atoms with Crippen LogP contribution in [-0.4, -0.2) is 32.6 Å². The normalized spacial score (nSPS) is 14.0. The Bertz CT molecular complexity index is 950. The van der Waals surface area contributed by atoms with Gasteiger partial charge < -0.3 is 9.47 Å². The number of sulfonamides is 1. The van der Waals surface area contributed by atoms with E-state index in [1.54, 1.807) is 31.2 Å². The highest BCUT2D eigenvalue weighted by molar-refractivity contribution is 7.89. The van der Waals surface area contributed by atoms with E-state index in [0.29, 0.717) is 26.1 Å². The number of aryl methyl sites for hydroxylation is 1. The minimum Gasteiger partial charge on any atom is -0.460 e. The smallest absolute Gasteiger partial charge is 0.309 e. The molecule has 1 N–H and O–H groups in total. The second-order valence-corrected chi connectivity index (χ2v) is 10.8. The first-order valence-electron chi connectivity index (χ1n) is 10.9. The van der Waals surface area contributed by atoms with Gasteiger partial charge in [0, 0.05) is 12.6 Å². The number of nitrogens with one attached hydrogen (secondary N) is 1. The zero-order chi connectivity index (χ0) is 23.8. The van der Waals surface area contributed by atoms with Crippen molar-refractivity contribution in [2.75, 3.05) is 6.61 Å². The van der Waals surface area contributed by atoms with Gasteiger partial charge in [-0.25, -0.2) is 13.1 Å². The summed E-state index contributed by atoms with van der Waals surface area (Å²) in [5, 5.41) is 0. The van der Waals surface area contributed by atoms with E-state index in [0.717, 1.165) is 11.1 Å². The maximum Gasteiger partial charge on any atom is 0.309 e. The van der Waals surface area contributed by atoms with Gasteiger partial charge in [0.25, 0.3) is 0 Å². The lowest BCUT2D eigenvalue weighted by molar-refractivity contribution is -0.159. The van der Waals surface area contributed by atoms with Crippen molar-refractivity contribution in [2.45, 2.75) is 70.6 Å². The van der Waals surface area contributed by atoms with E-state index in [2.05, 4.69) is 4.72 Å². The van der Waals surface area contributed by atoms with Crippen LogP contribution < -0.4 is 4.72 Å². The first-order valence-corrected chi connectivity index (χ1v) is 12.4. The van der Waals surface area contributed by atoms with Gasteiger partial charge in [0.2, 0.25) is 10.0 Å². The molecule has 2 atom stereocenters. The molecular formula is C25H35NO5S. The van der Waals surface area contributed by atoms with Crippen molar-refractivity contribution in [3.63, 3.8) is 0 Å². The molecule has 7 heteroatoms. The summed E-state index contributed by atoms with van der Waals surface area (Å²) in [6, 6.07) is 16.0. The monoisotopic (exact) mass is 461 g/mol. The van der Waals surface area contributed by atoms with Crippen LogP contribution in [0.15, 0.2) is 59.5 Å². The molecule has 0 unspecified atom stereocenters. The van der Waals surface area contributed by atoms with Crippen LogP contribution in [0.25, 0.3) is 0 Å². The lowest BCUT2D eigenvalue weighted by atomic mass is 10.00. The van der Waals surface area contributed by atoms with Gasteiger partial charge in [-0.3, -0.25) is 4.79 Å². The standard InChI is InChI=1S/C25H35NO5S/c1-19-11-13-23(14-12-19)32(28,29)26-22(17-20(2)24(27)31-25(3,4)5)15-16-30-18-21-9-7-6-8-10-21/h6-14,20,22,26H,15-18H2,1-5H3/t20-,22-/m1/s1. The highest BCUT2D eigenvalue weighted by Gasteiger charge is 2.27. The molecule has 6 nitrogen and oxygen atoms in total. The number of hydrogen-bond donors (Lipinski definition) is 1. The zero-order valence-corrected chi connectivity index (χ0v) is 20.4. The third-order valence-corrected chi connectivity index (χ3v) is 6.36. The molecule has 32 heavy (non-hydrogen) atoms. The number of carbonyl (C=O) groups excluding carboxylic acids is 1. The number of ether oxygens (including phenoxy) is 2. The van der Waals surface area contributed by atoms with E-state index in [-0.39, 0.29) is 10.9 Å². The van der Waals surface area contributed by atoms with Crippen LogP contribution >= 0.6 is 0 Å². The van der Waals surface area contributed by atoms with Crippen LogP contribution in [0.4, 0.5) is 0 Å². The van der Waals surface area contributed by atoms with Gasteiger partial charge in [-0.15, -0.1) is 0 Å². The van der Waals surface area contributed by atoms with Crippen molar-refractivity contribution in [3.8, 4) is 0 Å². The Morgan fingerprint density at radius 3 is 2.25 bits per heavy atom. The molecule has 0 radical (unpaired) electrons. The SMILES string of the molecule is Cc1ccc(S(=O)(=O)N[C@H](CCOCc2ccccc2)C[C@@H](C)C(=O)OC(C)(C)C)cc1. The van der Waals surface area contributed by atoms with Gasteiger partial charge in [0.05, 0.1) is 17.4 Å². The fraction of sp³-hybridized carbons (Fsp3) is 0.480. The number of hydrogen-bond acceptors (Lipinski definition) is 5. The second-order valence-electron chi connectivity index (χ2n) is 9.13. The van der Waals surface area contributed by atoms with Gasteiger partial charge in [-0.1, -0.05) is 55.0 Å². The molecule has 0 saturated carbocycles. The summed E-state index contributed by atoms with van der Waals surface area (Å²) in [7, 11) is -3.73. The average molecular weight is 462 g/mol. The maximum atomic E-state index is 12.9. The van der Waals surface area contributed by atoms with Crippen LogP contribution in [0, 0.1) is 12.8 Å². The molecule has 0 amide bonds. The van der Waals surface area contributed by atoms with Gasteiger partial charge in [0.1, 0.15) is 5.60 Å². The first kappa shape index (κ1) is 26.0. The van der Waals surface area contributed by atoms with Gasteiger partial charge in [-0.05, 0) is 58.2 Å². The Morgan fingerprint density at radius 1 is 1.03 bits per heavy atom. The third-order valence-electron chi connectivity index (χ3n) is 4.82. The molecule has 2 aromatic carbocycles. The summed E-state index contributed by atoms with van der Waals surface area (Å²) in [5.41, 5.74) is 1.43. The molecule has 0 aliphatic heterocycles. The number of carbonyl (C=O) groups is 1. The van der Waals surface area contributed by atoms with Crippen LogP contribution in [0.1, 0.15) is 51.7 Å². The Morgan fingerprint density at radius 2 is 1.66 bits per heavy atom. The van der Waals surface area contributed by atoms with Crippen LogP contribution in [0.3, 0.4) is 0 Å². The predicted octanol–water partition coefficient (Wildman–Crippen LogP) is 4.62.